The smallest absolute Gasteiger partial charge is 0.226 e. The van der Waals surface area contributed by atoms with Crippen molar-refractivity contribution in [3.8, 4) is 5.75 Å². The zero-order chi connectivity index (χ0) is 15.8. The number of hydrogen-bond acceptors (Lipinski definition) is 3. The Hall–Kier alpha value is -2.40. The van der Waals surface area contributed by atoms with Crippen molar-refractivity contribution in [2.75, 3.05) is 12.4 Å². The summed E-state index contributed by atoms with van der Waals surface area (Å²) in [4.78, 5) is 11.9. The minimum Gasteiger partial charge on any atom is -0.497 e. The molecule has 5 heteroatoms. The molecule has 0 fully saturated rings. The number of hydrogen-bond donors (Lipinski definition) is 2. The first-order valence-electron chi connectivity index (χ1n) is 6.96. The zero-order valence-electron chi connectivity index (χ0n) is 12.3. The van der Waals surface area contributed by atoms with Crippen molar-refractivity contribution >= 4 is 28.9 Å². The summed E-state index contributed by atoms with van der Waals surface area (Å²) in [5.74, 6) is 0.665. The van der Waals surface area contributed by atoms with Crippen LogP contribution in [0.25, 0.3) is 0 Å². The quantitative estimate of drug-likeness (QED) is 0.833. The SMILES string of the molecule is COc1ccc(NC(=S)NC(=O)CCc2ccccc2)cc1. The molecule has 0 heterocycles. The molecule has 0 saturated carbocycles. The molecule has 22 heavy (non-hydrogen) atoms. The van der Waals surface area contributed by atoms with Crippen LogP contribution in [0.4, 0.5) is 5.69 Å². The van der Waals surface area contributed by atoms with E-state index in [1.165, 1.54) is 0 Å². The van der Waals surface area contributed by atoms with Gasteiger partial charge in [0.2, 0.25) is 5.91 Å². The number of thiocarbonyl (C=S) groups is 1. The molecule has 2 N–H and O–H groups in total. The summed E-state index contributed by atoms with van der Waals surface area (Å²) in [6, 6.07) is 17.2. The number of nitrogens with one attached hydrogen (secondary N) is 2. The highest BCUT2D eigenvalue weighted by Gasteiger charge is 2.05. The number of carbonyl (C=O) groups is 1. The van der Waals surface area contributed by atoms with Crippen LogP contribution in [0.1, 0.15) is 12.0 Å². The molecule has 2 aromatic carbocycles. The van der Waals surface area contributed by atoms with Crippen molar-refractivity contribution in [2.45, 2.75) is 12.8 Å². The minimum atomic E-state index is -0.102. The first kappa shape index (κ1) is 16.0. The summed E-state index contributed by atoms with van der Waals surface area (Å²) >= 11 is 5.13. The maximum atomic E-state index is 11.9. The third kappa shape index (κ3) is 5.18. The van der Waals surface area contributed by atoms with Gasteiger partial charge in [0.15, 0.2) is 5.11 Å². The van der Waals surface area contributed by atoms with Gasteiger partial charge in [0.25, 0.3) is 0 Å². The maximum Gasteiger partial charge on any atom is 0.226 e. The third-order valence-electron chi connectivity index (χ3n) is 3.08. The van der Waals surface area contributed by atoms with Crippen LogP contribution in [-0.2, 0) is 11.2 Å². The Morgan fingerprint density at radius 1 is 1.09 bits per heavy atom. The van der Waals surface area contributed by atoms with Crippen LogP contribution in [0.2, 0.25) is 0 Å². The second kappa shape index (κ2) is 8.14. The van der Waals surface area contributed by atoms with Gasteiger partial charge in [-0.3, -0.25) is 4.79 Å². The molecule has 0 bridgehead atoms. The van der Waals surface area contributed by atoms with E-state index in [1.54, 1.807) is 7.11 Å². The topological polar surface area (TPSA) is 50.4 Å². The van der Waals surface area contributed by atoms with Crippen molar-refractivity contribution < 1.29 is 9.53 Å². The standard InChI is InChI=1S/C17H18N2O2S/c1-21-15-10-8-14(9-11-15)18-17(22)19-16(20)12-7-13-5-3-2-4-6-13/h2-6,8-11H,7,12H2,1H3,(H2,18,19,20,22). The molecule has 2 rings (SSSR count). The normalized spacial score (nSPS) is 9.86. The molecule has 4 nitrogen and oxygen atoms in total. The van der Waals surface area contributed by atoms with Crippen LogP contribution in [-0.4, -0.2) is 18.1 Å². The predicted molar refractivity (Wildman–Crippen MR) is 92.1 cm³/mol. The van der Waals surface area contributed by atoms with E-state index in [9.17, 15) is 4.79 Å². The lowest BCUT2D eigenvalue weighted by molar-refractivity contribution is -0.119. The molecule has 0 radical (unpaired) electrons. The second-order valence-electron chi connectivity index (χ2n) is 4.72. The van der Waals surface area contributed by atoms with E-state index >= 15 is 0 Å². The van der Waals surface area contributed by atoms with Crippen molar-refractivity contribution in [1.29, 1.82) is 0 Å². The maximum absolute atomic E-state index is 11.9. The lowest BCUT2D eigenvalue weighted by Crippen LogP contribution is -2.34. The van der Waals surface area contributed by atoms with Crippen molar-refractivity contribution in [3.05, 3.63) is 60.2 Å². The summed E-state index contributed by atoms with van der Waals surface area (Å²) in [5, 5.41) is 5.94. The molecule has 0 spiro atoms. The predicted octanol–water partition coefficient (Wildman–Crippen LogP) is 3.14. The van der Waals surface area contributed by atoms with Gasteiger partial charge in [-0.25, -0.2) is 0 Å². The first-order chi connectivity index (χ1) is 10.7. The molecule has 0 saturated heterocycles. The van der Waals surface area contributed by atoms with Gasteiger partial charge in [0, 0.05) is 12.1 Å². The Balaban J connectivity index is 1.77. The lowest BCUT2D eigenvalue weighted by Gasteiger charge is -2.10. The van der Waals surface area contributed by atoms with Gasteiger partial charge in [0.1, 0.15) is 5.75 Å². The Bertz CT molecular complexity index is 627. The van der Waals surface area contributed by atoms with E-state index in [0.717, 1.165) is 17.0 Å². The molecule has 1 amide bonds. The molecule has 114 valence electrons. The number of anilines is 1. The number of ether oxygens (including phenoxy) is 1. The van der Waals surface area contributed by atoms with Crippen LogP contribution < -0.4 is 15.4 Å². The largest absolute Gasteiger partial charge is 0.497 e. The molecule has 0 aliphatic rings. The van der Waals surface area contributed by atoms with Crippen molar-refractivity contribution in [2.24, 2.45) is 0 Å². The Morgan fingerprint density at radius 3 is 2.41 bits per heavy atom. The fraction of sp³-hybridized carbons (Fsp3) is 0.176. The average Bonchev–Trinajstić information content (AvgIpc) is 2.54. The van der Waals surface area contributed by atoms with Gasteiger partial charge in [0.05, 0.1) is 7.11 Å². The number of methoxy groups -OCH3 is 1. The van der Waals surface area contributed by atoms with E-state index in [-0.39, 0.29) is 5.91 Å². The molecule has 0 aliphatic carbocycles. The van der Waals surface area contributed by atoms with Gasteiger partial charge in [-0.2, -0.15) is 0 Å². The van der Waals surface area contributed by atoms with Gasteiger partial charge in [-0.05, 0) is 48.5 Å². The number of carbonyl (C=O) groups excluding carboxylic acids is 1. The van der Waals surface area contributed by atoms with Crippen LogP contribution in [0.5, 0.6) is 5.75 Å². The van der Waals surface area contributed by atoms with Gasteiger partial charge >= 0.3 is 0 Å². The fourth-order valence-corrected chi connectivity index (χ4v) is 2.16. The first-order valence-corrected chi connectivity index (χ1v) is 7.37. The van der Waals surface area contributed by atoms with Crippen molar-refractivity contribution in [3.63, 3.8) is 0 Å². The van der Waals surface area contributed by atoms with Crippen LogP contribution in [0, 0.1) is 0 Å². The molecule has 2 aromatic rings. The molecular weight excluding hydrogens is 296 g/mol. The lowest BCUT2D eigenvalue weighted by atomic mass is 10.1. The molecule has 0 unspecified atom stereocenters. The van der Waals surface area contributed by atoms with E-state index in [4.69, 9.17) is 17.0 Å². The monoisotopic (exact) mass is 314 g/mol. The van der Waals surface area contributed by atoms with Crippen LogP contribution in [0.15, 0.2) is 54.6 Å². The van der Waals surface area contributed by atoms with Crippen LogP contribution >= 0.6 is 12.2 Å². The van der Waals surface area contributed by atoms with Gasteiger partial charge in [-0.15, -0.1) is 0 Å². The Morgan fingerprint density at radius 2 is 1.77 bits per heavy atom. The highest BCUT2D eigenvalue weighted by atomic mass is 32.1. The third-order valence-corrected chi connectivity index (χ3v) is 3.29. The van der Waals surface area contributed by atoms with E-state index in [2.05, 4.69) is 10.6 Å². The average molecular weight is 314 g/mol. The Kier molecular flexibility index (Phi) is 5.91. The van der Waals surface area contributed by atoms with Crippen LogP contribution in [0.3, 0.4) is 0 Å². The highest BCUT2D eigenvalue weighted by Crippen LogP contribution is 2.14. The summed E-state index contributed by atoms with van der Waals surface area (Å²) in [6.07, 6.45) is 1.09. The summed E-state index contributed by atoms with van der Waals surface area (Å²) < 4.78 is 5.08. The van der Waals surface area contributed by atoms with Gasteiger partial charge < -0.3 is 15.4 Å². The molecule has 0 aliphatic heterocycles. The van der Waals surface area contributed by atoms with E-state index < -0.39 is 0 Å². The zero-order valence-corrected chi connectivity index (χ0v) is 13.2. The summed E-state index contributed by atoms with van der Waals surface area (Å²) in [7, 11) is 1.61. The van der Waals surface area contributed by atoms with Gasteiger partial charge in [-0.1, -0.05) is 30.3 Å². The summed E-state index contributed by atoms with van der Waals surface area (Å²) in [6.45, 7) is 0. The number of aryl methyl sites for hydroxylation is 1. The minimum absolute atomic E-state index is 0.102. The number of rotatable bonds is 5. The number of benzene rings is 2. The Labute approximate surface area is 135 Å². The molecular formula is C17H18N2O2S. The fourth-order valence-electron chi connectivity index (χ4n) is 1.93. The highest BCUT2D eigenvalue weighted by molar-refractivity contribution is 7.80. The van der Waals surface area contributed by atoms with Crippen molar-refractivity contribution in [1.82, 2.24) is 5.32 Å². The van der Waals surface area contributed by atoms with E-state index in [1.807, 2.05) is 54.6 Å². The van der Waals surface area contributed by atoms with E-state index in [0.29, 0.717) is 18.0 Å². The molecule has 0 aromatic heterocycles. The summed E-state index contributed by atoms with van der Waals surface area (Å²) in [5.41, 5.74) is 1.93. The second-order valence-corrected chi connectivity index (χ2v) is 5.12. The molecule has 0 atom stereocenters. The number of amides is 1.